The van der Waals surface area contributed by atoms with Crippen molar-refractivity contribution in [1.29, 1.82) is 0 Å². The summed E-state index contributed by atoms with van der Waals surface area (Å²) >= 11 is 5.95. The molecule has 8 heteroatoms. The Kier molecular flexibility index (Phi) is 6.32. The lowest BCUT2D eigenvalue weighted by molar-refractivity contribution is -0.885. The summed E-state index contributed by atoms with van der Waals surface area (Å²) in [5, 5.41) is 13.9. The Labute approximate surface area is 150 Å². The molecule has 0 radical (unpaired) electrons. The Morgan fingerprint density at radius 2 is 1.96 bits per heavy atom. The number of rotatable bonds is 7. The van der Waals surface area contributed by atoms with Crippen molar-refractivity contribution >= 4 is 28.9 Å². The number of hydrogen-bond donors (Lipinski definition) is 2. The quantitative estimate of drug-likeness (QED) is 0.580. The summed E-state index contributed by atoms with van der Waals surface area (Å²) in [6.45, 7) is 0.796. The molecule has 0 aliphatic heterocycles. The van der Waals surface area contributed by atoms with Crippen LogP contribution >= 0.6 is 11.6 Å². The minimum atomic E-state index is -0.438. The highest BCUT2D eigenvalue weighted by atomic mass is 35.5. The predicted octanol–water partition coefficient (Wildman–Crippen LogP) is 1.91. The Bertz CT molecular complexity index is 765. The first-order valence-electron chi connectivity index (χ1n) is 7.57. The van der Waals surface area contributed by atoms with Crippen molar-refractivity contribution in [3.05, 3.63) is 63.2 Å². The summed E-state index contributed by atoms with van der Waals surface area (Å²) in [5.41, 5.74) is 1.48. The van der Waals surface area contributed by atoms with Gasteiger partial charge in [-0.25, -0.2) is 0 Å². The van der Waals surface area contributed by atoms with Crippen LogP contribution in [-0.2, 0) is 11.3 Å². The van der Waals surface area contributed by atoms with Crippen molar-refractivity contribution in [2.45, 2.75) is 6.54 Å². The van der Waals surface area contributed by atoms with E-state index in [0.29, 0.717) is 23.0 Å². The van der Waals surface area contributed by atoms with Crippen LogP contribution in [0, 0.1) is 10.1 Å². The van der Waals surface area contributed by atoms with Gasteiger partial charge in [-0.05, 0) is 30.3 Å². The molecule has 1 atom stereocenters. The molecule has 0 bridgehead atoms. The number of non-ortho nitro benzene ring substituents is 1. The summed E-state index contributed by atoms with van der Waals surface area (Å²) in [7, 11) is 3.39. The van der Waals surface area contributed by atoms with Crippen molar-refractivity contribution in [3.63, 3.8) is 0 Å². The summed E-state index contributed by atoms with van der Waals surface area (Å²) in [6, 6.07) is 11.3. The highest BCUT2D eigenvalue weighted by Gasteiger charge is 2.14. The molecule has 0 aliphatic rings. The van der Waals surface area contributed by atoms with Gasteiger partial charge in [0.25, 0.3) is 11.6 Å². The van der Waals surface area contributed by atoms with Gasteiger partial charge in [-0.15, -0.1) is 0 Å². The number of anilines is 1. The average Bonchev–Trinajstić information content (AvgIpc) is 2.55. The van der Waals surface area contributed by atoms with Crippen molar-refractivity contribution in [2.75, 3.05) is 26.0 Å². The van der Waals surface area contributed by atoms with Crippen LogP contribution in [-0.4, -0.2) is 31.5 Å². The molecule has 2 rings (SSSR count). The molecule has 0 aliphatic carbocycles. The topological polar surface area (TPSA) is 85.9 Å². The maximum Gasteiger partial charge on any atom is 0.279 e. The molecule has 1 amide bonds. The van der Waals surface area contributed by atoms with E-state index >= 15 is 0 Å². The highest BCUT2D eigenvalue weighted by Crippen LogP contribution is 2.27. The van der Waals surface area contributed by atoms with Crippen LogP contribution in [0.15, 0.2) is 42.5 Å². The molecule has 2 aromatic rings. The van der Waals surface area contributed by atoms with Crippen LogP contribution < -0.4 is 15.0 Å². The number of amides is 1. The Morgan fingerprint density at radius 3 is 2.56 bits per heavy atom. The van der Waals surface area contributed by atoms with Crippen LogP contribution in [0.25, 0.3) is 0 Å². The summed E-state index contributed by atoms with van der Waals surface area (Å²) in [5.74, 6) is 0.353. The van der Waals surface area contributed by atoms with E-state index in [9.17, 15) is 14.9 Å². The number of nitrogens with zero attached hydrogens (tertiary/aromatic N) is 1. The van der Waals surface area contributed by atoms with Crippen molar-refractivity contribution in [3.8, 4) is 5.75 Å². The molecule has 0 aromatic heterocycles. The largest absolute Gasteiger partial charge is 0.495 e. The molecule has 0 spiro atoms. The number of nitro benzene ring substituents is 1. The van der Waals surface area contributed by atoms with E-state index in [1.807, 2.05) is 7.05 Å². The van der Waals surface area contributed by atoms with Gasteiger partial charge >= 0.3 is 0 Å². The van der Waals surface area contributed by atoms with E-state index in [0.717, 1.165) is 10.5 Å². The van der Waals surface area contributed by atoms with Crippen molar-refractivity contribution in [1.82, 2.24) is 0 Å². The first-order valence-corrected chi connectivity index (χ1v) is 7.95. The molecule has 1 unspecified atom stereocenters. The van der Waals surface area contributed by atoms with E-state index in [1.165, 1.54) is 19.2 Å². The van der Waals surface area contributed by atoms with Crippen LogP contribution in [0.4, 0.5) is 11.4 Å². The van der Waals surface area contributed by atoms with E-state index in [4.69, 9.17) is 16.3 Å². The second-order valence-corrected chi connectivity index (χ2v) is 6.06. The number of ether oxygens (including phenoxy) is 1. The van der Waals surface area contributed by atoms with Gasteiger partial charge in [0.2, 0.25) is 0 Å². The molecule has 25 heavy (non-hydrogen) atoms. The molecule has 2 N–H and O–H groups in total. The van der Waals surface area contributed by atoms with Gasteiger partial charge in [0.05, 0.1) is 24.8 Å². The molecule has 0 heterocycles. The molecule has 7 nitrogen and oxygen atoms in total. The first-order chi connectivity index (χ1) is 11.9. The van der Waals surface area contributed by atoms with E-state index < -0.39 is 4.92 Å². The van der Waals surface area contributed by atoms with E-state index in [-0.39, 0.29) is 18.1 Å². The van der Waals surface area contributed by atoms with Crippen LogP contribution in [0.1, 0.15) is 5.56 Å². The second-order valence-electron chi connectivity index (χ2n) is 5.63. The second kappa shape index (κ2) is 8.46. The number of quaternary nitrogens is 1. The fourth-order valence-electron chi connectivity index (χ4n) is 2.39. The maximum atomic E-state index is 12.2. The molecular weight excluding hydrogens is 346 g/mol. The van der Waals surface area contributed by atoms with Crippen molar-refractivity contribution in [2.24, 2.45) is 0 Å². The van der Waals surface area contributed by atoms with Crippen LogP contribution in [0.2, 0.25) is 5.02 Å². The minimum Gasteiger partial charge on any atom is -0.495 e. The van der Waals surface area contributed by atoms with Gasteiger partial charge in [-0.2, -0.15) is 0 Å². The number of carbonyl (C=O) groups is 1. The lowest BCUT2D eigenvalue weighted by atomic mass is 10.2. The first kappa shape index (κ1) is 18.7. The zero-order chi connectivity index (χ0) is 18.4. The molecule has 0 saturated heterocycles. The monoisotopic (exact) mass is 364 g/mol. The third-order valence-corrected chi connectivity index (χ3v) is 3.79. The van der Waals surface area contributed by atoms with Crippen molar-refractivity contribution < 1.29 is 19.4 Å². The number of benzene rings is 2. The molecule has 0 fully saturated rings. The summed E-state index contributed by atoms with van der Waals surface area (Å²) in [6.07, 6.45) is 0. The fraction of sp³-hybridized carbons (Fsp3) is 0.235. The fourth-order valence-corrected chi connectivity index (χ4v) is 2.56. The molecule has 132 valence electrons. The van der Waals surface area contributed by atoms with Gasteiger partial charge in [0.15, 0.2) is 6.54 Å². The minimum absolute atomic E-state index is 0.0483. The molecule has 0 saturated carbocycles. The van der Waals surface area contributed by atoms with Crippen LogP contribution in [0.5, 0.6) is 5.75 Å². The van der Waals surface area contributed by atoms with Gasteiger partial charge < -0.3 is 15.0 Å². The zero-order valence-corrected chi connectivity index (χ0v) is 14.7. The Balaban J connectivity index is 1.94. The lowest BCUT2D eigenvalue weighted by Crippen LogP contribution is -3.08. The Hall–Kier alpha value is -2.64. The number of nitrogens with one attached hydrogen (secondary N) is 2. The zero-order valence-electron chi connectivity index (χ0n) is 13.9. The SMILES string of the molecule is COc1ccc(Cl)cc1NC(=O)C[NH+](C)Cc1ccc([N+](=O)[O-])cc1. The number of halogens is 1. The van der Waals surface area contributed by atoms with Gasteiger partial charge in [-0.3, -0.25) is 14.9 Å². The van der Waals surface area contributed by atoms with Crippen LogP contribution in [0.3, 0.4) is 0 Å². The van der Waals surface area contributed by atoms with Gasteiger partial charge in [-0.1, -0.05) is 11.6 Å². The third kappa shape index (κ3) is 5.44. The normalized spacial score (nSPS) is 11.6. The third-order valence-electron chi connectivity index (χ3n) is 3.55. The number of likely N-dealkylation sites (N-methyl/N-ethyl adjacent to an activating group) is 1. The van der Waals surface area contributed by atoms with E-state index in [2.05, 4.69) is 5.32 Å². The summed E-state index contributed by atoms with van der Waals surface area (Å²) < 4.78 is 5.20. The Morgan fingerprint density at radius 1 is 1.28 bits per heavy atom. The number of methoxy groups -OCH3 is 1. The number of hydrogen-bond acceptors (Lipinski definition) is 4. The van der Waals surface area contributed by atoms with Gasteiger partial charge in [0.1, 0.15) is 12.3 Å². The summed E-state index contributed by atoms with van der Waals surface area (Å²) in [4.78, 5) is 23.4. The average molecular weight is 365 g/mol. The standard InChI is InChI=1S/C17H18ClN3O4/c1-20(10-12-3-6-14(7-4-12)21(23)24)11-17(22)19-15-9-13(18)5-8-16(15)25-2/h3-9H,10-11H2,1-2H3,(H,19,22)/p+1. The number of carbonyl (C=O) groups excluding carboxylic acids is 1. The predicted molar refractivity (Wildman–Crippen MR) is 95.2 cm³/mol. The maximum absolute atomic E-state index is 12.2. The van der Waals surface area contributed by atoms with Gasteiger partial charge in [0, 0.05) is 22.7 Å². The smallest absolute Gasteiger partial charge is 0.279 e. The molecule has 2 aromatic carbocycles. The lowest BCUT2D eigenvalue weighted by Gasteiger charge is -2.15. The molecular formula is C17H19ClN3O4+. The highest BCUT2D eigenvalue weighted by molar-refractivity contribution is 6.31. The number of nitro groups is 1. The van der Waals surface area contributed by atoms with E-state index in [1.54, 1.807) is 30.3 Å².